The summed E-state index contributed by atoms with van der Waals surface area (Å²) in [4.78, 5) is 12.5. The van der Waals surface area contributed by atoms with Crippen molar-refractivity contribution in [2.45, 2.75) is 33.1 Å². The van der Waals surface area contributed by atoms with Crippen molar-refractivity contribution in [3.8, 4) is 33.9 Å². The van der Waals surface area contributed by atoms with Gasteiger partial charge in [-0.15, -0.1) is 0 Å². The van der Waals surface area contributed by atoms with Crippen molar-refractivity contribution in [2.75, 3.05) is 19.5 Å². The first kappa shape index (κ1) is 25.9. The van der Waals surface area contributed by atoms with Crippen LogP contribution in [0.15, 0.2) is 52.9 Å². The number of furan rings is 1. The highest BCUT2D eigenvalue weighted by atomic mass is 19.4. The number of alkyl halides is 3. The fraction of sp³-hybridized carbons (Fsp3) is 0.250. The SMILES string of the molecule is CNc1oc(-c2c(C(F)(F)F)c(C)cc3cccc(OC)c23)c(O)c1-c1cccc(C(=O)OC(C)C)c1. The molecule has 4 aromatic rings. The van der Waals surface area contributed by atoms with Gasteiger partial charge in [0, 0.05) is 18.0 Å². The first-order chi connectivity index (χ1) is 17.5. The van der Waals surface area contributed by atoms with Crippen molar-refractivity contribution in [1.82, 2.24) is 0 Å². The van der Waals surface area contributed by atoms with E-state index in [4.69, 9.17) is 13.9 Å². The zero-order valence-corrected chi connectivity index (χ0v) is 20.9. The number of ether oxygens (including phenoxy) is 2. The summed E-state index contributed by atoms with van der Waals surface area (Å²) >= 11 is 0. The van der Waals surface area contributed by atoms with Crippen LogP contribution in [0, 0.1) is 6.92 Å². The number of aryl methyl sites for hydroxylation is 1. The van der Waals surface area contributed by atoms with E-state index in [0.29, 0.717) is 10.9 Å². The summed E-state index contributed by atoms with van der Waals surface area (Å²) in [7, 11) is 2.88. The highest BCUT2D eigenvalue weighted by Gasteiger charge is 2.39. The summed E-state index contributed by atoms with van der Waals surface area (Å²) in [6, 6.07) is 12.5. The van der Waals surface area contributed by atoms with Crippen molar-refractivity contribution in [3.05, 3.63) is 65.2 Å². The van der Waals surface area contributed by atoms with Crippen molar-refractivity contribution < 1.29 is 37.0 Å². The maximum atomic E-state index is 14.4. The topological polar surface area (TPSA) is 80.9 Å². The van der Waals surface area contributed by atoms with Gasteiger partial charge in [-0.2, -0.15) is 13.2 Å². The van der Waals surface area contributed by atoms with Crippen LogP contribution in [0.4, 0.5) is 19.1 Å². The zero-order chi connectivity index (χ0) is 27.1. The first-order valence-electron chi connectivity index (χ1n) is 11.5. The maximum absolute atomic E-state index is 14.4. The van der Waals surface area contributed by atoms with E-state index in [1.807, 2.05) is 0 Å². The molecule has 2 N–H and O–H groups in total. The second kappa shape index (κ2) is 9.72. The third-order valence-electron chi connectivity index (χ3n) is 5.90. The Morgan fingerprint density at radius 3 is 2.41 bits per heavy atom. The molecular formula is C28H26F3NO5. The van der Waals surface area contributed by atoms with Crippen LogP contribution in [0.25, 0.3) is 33.2 Å². The summed E-state index contributed by atoms with van der Waals surface area (Å²) < 4.78 is 59.8. The van der Waals surface area contributed by atoms with Crippen LogP contribution in [0.1, 0.15) is 35.3 Å². The number of anilines is 1. The van der Waals surface area contributed by atoms with Crippen molar-refractivity contribution in [3.63, 3.8) is 0 Å². The van der Waals surface area contributed by atoms with Crippen molar-refractivity contribution >= 4 is 22.6 Å². The van der Waals surface area contributed by atoms with Gasteiger partial charge in [0.15, 0.2) is 11.5 Å². The summed E-state index contributed by atoms with van der Waals surface area (Å²) in [6.45, 7) is 4.79. The molecule has 0 unspecified atom stereocenters. The Balaban J connectivity index is 2.05. The third kappa shape index (κ3) is 4.69. The number of rotatable bonds is 6. The van der Waals surface area contributed by atoms with Crippen molar-refractivity contribution in [2.24, 2.45) is 0 Å². The molecule has 4 rings (SSSR count). The highest BCUT2D eigenvalue weighted by molar-refractivity contribution is 6.05. The Morgan fingerprint density at radius 2 is 1.78 bits per heavy atom. The Hall–Kier alpha value is -4.14. The Labute approximate surface area is 211 Å². The number of aromatic hydroxyl groups is 1. The van der Waals surface area contributed by atoms with Crippen molar-refractivity contribution in [1.29, 1.82) is 0 Å². The number of fused-ring (bicyclic) bond motifs is 1. The molecular weight excluding hydrogens is 487 g/mol. The minimum atomic E-state index is -4.76. The number of hydrogen-bond donors (Lipinski definition) is 2. The molecule has 0 atom stereocenters. The Bertz CT molecular complexity index is 1490. The van der Waals surface area contributed by atoms with Gasteiger partial charge in [-0.1, -0.05) is 30.3 Å². The molecule has 0 aliphatic rings. The quantitative estimate of drug-likeness (QED) is 0.261. The Kier molecular flexibility index (Phi) is 6.82. The number of halogens is 3. The molecule has 1 heterocycles. The molecule has 194 valence electrons. The number of carbonyl (C=O) groups is 1. The van der Waals surface area contributed by atoms with E-state index in [-0.39, 0.29) is 51.1 Å². The molecule has 0 saturated carbocycles. The number of esters is 1. The molecule has 0 amide bonds. The van der Waals surface area contributed by atoms with E-state index in [1.165, 1.54) is 33.2 Å². The lowest BCUT2D eigenvalue weighted by atomic mass is 9.91. The molecule has 0 aliphatic heterocycles. The highest BCUT2D eigenvalue weighted by Crippen LogP contribution is 2.53. The number of carbonyl (C=O) groups excluding carboxylic acids is 1. The third-order valence-corrected chi connectivity index (χ3v) is 5.90. The normalized spacial score (nSPS) is 11.7. The number of nitrogens with one attached hydrogen (secondary N) is 1. The molecule has 0 aliphatic carbocycles. The fourth-order valence-corrected chi connectivity index (χ4v) is 4.45. The predicted octanol–water partition coefficient (Wildman–Crippen LogP) is 7.42. The van der Waals surface area contributed by atoms with Gasteiger partial charge >= 0.3 is 12.1 Å². The summed E-state index contributed by atoms with van der Waals surface area (Å²) in [5.74, 6) is -1.23. The van der Waals surface area contributed by atoms with Gasteiger partial charge in [-0.25, -0.2) is 4.79 Å². The van der Waals surface area contributed by atoms with Gasteiger partial charge in [-0.05, 0) is 55.5 Å². The van der Waals surface area contributed by atoms with Gasteiger partial charge in [0.2, 0.25) is 5.88 Å². The lowest BCUT2D eigenvalue weighted by molar-refractivity contribution is -0.137. The first-order valence-corrected chi connectivity index (χ1v) is 11.5. The smallest absolute Gasteiger partial charge is 0.417 e. The second-order valence-corrected chi connectivity index (χ2v) is 8.77. The lowest BCUT2D eigenvalue weighted by Gasteiger charge is -2.19. The monoisotopic (exact) mass is 513 g/mol. The van der Waals surface area contributed by atoms with E-state index in [9.17, 15) is 23.1 Å². The minimum absolute atomic E-state index is 0.0274. The average molecular weight is 514 g/mol. The van der Waals surface area contributed by atoms with Gasteiger partial charge in [-0.3, -0.25) is 0 Å². The molecule has 1 aromatic heterocycles. The molecule has 0 radical (unpaired) electrons. The van der Waals surface area contributed by atoms with Crippen LogP contribution in [0.2, 0.25) is 0 Å². The molecule has 37 heavy (non-hydrogen) atoms. The van der Waals surface area contributed by atoms with Crippen LogP contribution in [0.3, 0.4) is 0 Å². The summed E-state index contributed by atoms with van der Waals surface area (Å²) in [5, 5.41) is 14.8. The molecule has 6 nitrogen and oxygen atoms in total. The van der Waals surface area contributed by atoms with E-state index in [1.54, 1.807) is 50.2 Å². The lowest BCUT2D eigenvalue weighted by Crippen LogP contribution is -2.11. The van der Waals surface area contributed by atoms with Gasteiger partial charge < -0.3 is 24.3 Å². The fourth-order valence-electron chi connectivity index (χ4n) is 4.45. The minimum Gasteiger partial charge on any atom is -0.504 e. The van der Waals surface area contributed by atoms with Crippen LogP contribution in [-0.2, 0) is 10.9 Å². The van der Waals surface area contributed by atoms with E-state index in [0.717, 1.165) is 0 Å². The molecule has 0 fully saturated rings. The van der Waals surface area contributed by atoms with Crippen LogP contribution in [-0.4, -0.2) is 31.3 Å². The standard InChI is InChI=1S/C28H26F3NO5/c1-14(2)36-27(34)18-10-6-8-17(13-18)21-24(33)25(37-26(21)32-4)22-20-16(9-7-11-19(20)35-5)12-15(3)23(22)28(29,30)31/h6-14,32-33H,1-5H3. The molecule has 0 bridgehead atoms. The van der Waals surface area contributed by atoms with Gasteiger partial charge in [0.05, 0.1) is 29.9 Å². The average Bonchev–Trinajstić information content (AvgIpc) is 3.17. The van der Waals surface area contributed by atoms with E-state index < -0.39 is 23.5 Å². The Morgan fingerprint density at radius 1 is 1.08 bits per heavy atom. The number of benzene rings is 3. The summed E-state index contributed by atoms with van der Waals surface area (Å²) in [6.07, 6.45) is -5.10. The summed E-state index contributed by atoms with van der Waals surface area (Å²) in [5.41, 5.74) is -0.645. The van der Waals surface area contributed by atoms with E-state index >= 15 is 0 Å². The van der Waals surface area contributed by atoms with E-state index in [2.05, 4.69) is 5.32 Å². The zero-order valence-electron chi connectivity index (χ0n) is 20.9. The largest absolute Gasteiger partial charge is 0.504 e. The maximum Gasteiger partial charge on any atom is 0.417 e. The number of hydrogen-bond acceptors (Lipinski definition) is 6. The van der Waals surface area contributed by atoms with Gasteiger partial charge in [0.1, 0.15) is 5.75 Å². The molecule has 3 aromatic carbocycles. The van der Waals surface area contributed by atoms with Crippen LogP contribution in [0.5, 0.6) is 11.5 Å². The van der Waals surface area contributed by atoms with Gasteiger partial charge in [0.25, 0.3) is 0 Å². The second-order valence-electron chi connectivity index (χ2n) is 8.77. The van der Waals surface area contributed by atoms with Crippen LogP contribution >= 0.6 is 0 Å². The molecule has 9 heteroatoms. The van der Waals surface area contributed by atoms with Crippen LogP contribution < -0.4 is 10.1 Å². The predicted molar refractivity (Wildman–Crippen MR) is 135 cm³/mol. The molecule has 0 saturated heterocycles. The number of methoxy groups -OCH3 is 1. The molecule has 0 spiro atoms.